The van der Waals surface area contributed by atoms with Gasteiger partial charge in [-0.2, -0.15) is 0 Å². The number of phosphoric acid groups is 2. The molecule has 0 aromatic rings. The van der Waals surface area contributed by atoms with E-state index < -0.39 is 78.4 Å². The number of aliphatic hydroxyl groups excluding tert-OH is 3. The summed E-state index contributed by atoms with van der Waals surface area (Å²) < 4.78 is 47.9. The van der Waals surface area contributed by atoms with Crippen molar-refractivity contribution in [2.75, 3.05) is 26.4 Å². The van der Waals surface area contributed by atoms with Crippen molar-refractivity contribution in [3.8, 4) is 0 Å². The summed E-state index contributed by atoms with van der Waals surface area (Å²) in [5.74, 6) is -1.93. The molecule has 0 aliphatic heterocycles. The number of carbonyl (C=O) groups is 3. The number of ketones is 1. The van der Waals surface area contributed by atoms with Gasteiger partial charge in [-0.3, -0.25) is 28.0 Å². The molecule has 1 rings (SSSR count). The molecule has 1 unspecified atom stereocenters. The molecule has 1 aliphatic rings. The Morgan fingerprint density at radius 3 is 1.86 bits per heavy atom. The summed E-state index contributed by atoms with van der Waals surface area (Å²) in [5, 5.41) is 30.5. The number of aliphatic hydroxyl groups is 3. The molecule has 0 aromatic carbocycles. The SMILES string of the molecule is CC/C=C\C/C=C\C/C=C\C/C=C\C/C=C\CCCCCC(=O)OC[C@H](COP(=O)(O)OC[C@@H](O)COP(=O)(O)O)OC(=O)CCCCCC[C@H]1C(=O)C[C@@H](O)[C@@H]1/C=C/[C@@H](O)CCCCC. The Kier molecular flexibility index (Phi) is 35.3. The number of hydrogen-bond donors (Lipinski definition) is 6. The van der Waals surface area contributed by atoms with Crippen molar-refractivity contribution < 1.29 is 76.6 Å². The van der Waals surface area contributed by atoms with Gasteiger partial charge in [0.05, 0.1) is 32.0 Å². The molecule has 1 aliphatic carbocycles. The van der Waals surface area contributed by atoms with E-state index in [2.05, 4.69) is 83.7 Å². The van der Waals surface area contributed by atoms with E-state index in [4.69, 9.17) is 23.8 Å². The first kappa shape index (κ1) is 61.2. The molecular formula is C48H80O16P2. The van der Waals surface area contributed by atoms with Gasteiger partial charge in [-0.05, 0) is 70.6 Å². The van der Waals surface area contributed by atoms with E-state index in [0.717, 1.165) is 70.6 Å². The fourth-order valence-corrected chi connectivity index (χ4v) is 8.01. The molecule has 0 radical (unpaired) electrons. The lowest BCUT2D eigenvalue weighted by molar-refractivity contribution is -0.161. The molecule has 0 saturated heterocycles. The van der Waals surface area contributed by atoms with Crippen molar-refractivity contribution in [1.82, 2.24) is 0 Å². The molecule has 0 spiro atoms. The molecule has 1 saturated carbocycles. The van der Waals surface area contributed by atoms with Gasteiger partial charge in [0.2, 0.25) is 0 Å². The van der Waals surface area contributed by atoms with Crippen LogP contribution in [0.5, 0.6) is 0 Å². The molecule has 1 fully saturated rings. The molecule has 378 valence electrons. The van der Waals surface area contributed by atoms with Gasteiger partial charge in [0.15, 0.2) is 6.10 Å². The lowest BCUT2D eigenvalue weighted by Gasteiger charge is -2.20. The largest absolute Gasteiger partial charge is 0.472 e. The van der Waals surface area contributed by atoms with E-state index in [0.29, 0.717) is 44.9 Å². The minimum atomic E-state index is -4.91. The monoisotopic (exact) mass is 974 g/mol. The zero-order chi connectivity index (χ0) is 48.9. The second-order valence-corrected chi connectivity index (χ2v) is 19.1. The number of allylic oxidation sites excluding steroid dienone is 10. The average Bonchev–Trinajstić information content (AvgIpc) is 3.54. The van der Waals surface area contributed by atoms with Gasteiger partial charge in [0.1, 0.15) is 18.5 Å². The van der Waals surface area contributed by atoms with Crippen LogP contribution in [0.25, 0.3) is 0 Å². The first-order valence-corrected chi connectivity index (χ1v) is 26.8. The Balaban J connectivity index is 2.54. The summed E-state index contributed by atoms with van der Waals surface area (Å²) in [6.07, 6.45) is 35.0. The van der Waals surface area contributed by atoms with E-state index >= 15 is 0 Å². The van der Waals surface area contributed by atoms with E-state index in [-0.39, 0.29) is 36.9 Å². The number of phosphoric ester groups is 2. The fraction of sp³-hybridized carbons (Fsp3) is 0.688. The Bertz CT molecular complexity index is 1600. The van der Waals surface area contributed by atoms with Gasteiger partial charge < -0.3 is 39.5 Å². The molecule has 66 heavy (non-hydrogen) atoms. The first-order valence-electron chi connectivity index (χ1n) is 23.7. The zero-order valence-electron chi connectivity index (χ0n) is 39.2. The third-order valence-corrected chi connectivity index (χ3v) is 11.9. The molecule has 0 heterocycles. The summed E-state index contributed by atoms with van der Waals surface area (Å²) >= 11 is 0. The maximum atomic E-state index is 12.8. The molecule has 6 N–H and O–H groups in total. The molecule has 7 atom stereocenters. The van der Waals surface area contributed by atoms with Crippen LogP contribution >= 0.6 is 15.6 Å². The summed E-state index contributed by atoms with van der Waals surface area (Å²) in [6, 6.07) is 0. The van der Waals surface area contributed by atoms with Crippen LogP contribution in [-0.2, 0) is 46.6 Å². The average molecular weight is 975 g/mol. The van der Waals surface area contributed by atoms with Crippen molar-refractivity contribution in [3.05, 3.63) is 72.9 Å². The predicted molar refractivity (Wildman–Crippen MR) is 254 cm³/mol. The first-order chi connectivity index (χ1) is 31.6. The number of ether oxygens (including phenoxy) is 2. The Labute approximate surface area is 393 Å². The van der Waals surface area contributed by atoms with Crippen LogP contribution < -0.4 is 0 Å². The highest BCUT2D eigenvalue weighted by Crippen LogP contribution is 2.44. The third kappa shape index (κ3) is 34.4. The molecular weight excluding hydrogens is 894 g/mol. The smallest absolute Gasteiger partial charge is 0.462 e. The minimum Gasteiger partial charge on any atom is -0.462 e. The maximum Gasteiger partial charge on any atom is 0.472 e. The van der Waals surface area contributed by atoms with E-state index in [9.17, 15) is 43.7 Å². The van der Waals surface area contributed by atoms with Gasteiger partial charge in [-0.1, -0.05) is 132 Å². The number of rotatable bonds is 40. The van der Waals surface area contributed by atoms with Crippen LogP contribution in [-0.4, -0.2) is 98.6 Å². The topological polar surface area (TPSA) is 253 Å². The Morgan fingerprint density at radius 2 is 1.24 bits per heavy atom. The van der Waals surface area contributed by atoms with Gasteiger partial charge in [0.25, 0.3) is 0 Å². The summed E-state index contributed by atoms with van der Waals surface area (Å²) in [6.45, 7) is 1.23. The molecule has 18 heteroatoms. The van der Waals surface area contributed by atoms with Gasteiger partial charge in [0, 0.05) is 31.1 Å². The third-order valence-electron chi connectivity index (χ3n) is 10.5. The van der Waals surface area contributed by atoms with Crippen molar-refractivity contribution in [2.24, 2.45) is 11.8 Å². The summed E-state index contributed by atoms with van der Waals surface area (Å²) in [5.41, 5.74) is 0. The number of Topliss-reactive ketones (excluding diaryl/α,β-unsaturated/α-hetero) is 1. The van der Waals surface area contributed by atoms with Crippen LogP contribution in [0.3, 0.4) is 0 Å². The number of unbranched alkanes of at least 4 members (excludes halogenated alkanes) is 8. The number of carbonyl (C=O) groups excluding carboxylic acids is 3. The number of esters is 2. The van der Waals surface area contributed by atoms with Crippen molar-refractivity contribution in [2.45, 2.75) is 173 Å². The number of hydrogen-bond acceptors (Lipinski definition) is 13. The van der Waals surface area contributed by atoms with Crippen LogP contribution in [0.1, 0.15) is 149 Å². The van der Waals surface area contributed by atoms with Crippen molar-refractivity contribution >= 4 is 33.4 Å². The lowest BCUT2D eigenvalue weighted by Crippen LogP contribution is -2.30. The lowest BCUT2D eigenvalue weighted by atomic mass is 9.88. The van der Waals surface area contributed by atoms with Crippen LogP contribution in [0.15, 0.2) is 72.9 Å². The summed E-state index contributed by atoms with van der Waals surface area (Å²) in [4.78, 5) is 65.7. The molecule has 0 bridgehead atoms. The highest BCUT2D eigenvalue weighted by molar-refractivity contribution is 7.47. The van der Waals surface area contributed by atoms with Crippen LogP contribution in [0.4, 0.5) is 0 Å². The second kappa shape index (κ2) is 38.1. The molecule has 0 aromatic heterocycles. The van der Waals surface area contributed by atoms with E-state index in [1.807, 2.05) is 0 Å². The fourth-order valence-electron chi connectivity index (χ4n) is 6.86. The predicted octanol–water partition coefficient (Wildman–Crippen LogP) is 9.15. The van der Waals surface area contributed by atoms with E-state index in [1.165, 1.54) is 0 Å². The zero-order valence-corrected chi connectivity index (χ0v) is 41.0. The second-order valence-electron chi connectivity index (χ2n) is 16.4. The summed E-state index contributed by atoms with van der Waals surface area (Å²) in [7, 11) is -9.80. The normalized spacial score (nSPS) is 19.6. The maximum absolute atomic E-state index is 12.8. The van der Waals surface area contributed by atoms with Crippen molar-refractivity contribution in [1.29, 1.82) is 0 Å². The molecule has 16 nitrogen and oxygen atoms in total. The van der Waals surface area contributed by atoms with Gasteiger partial charge >= 0.3 is 27.6 Å². The highest BCUT2D eigenvalue weighted by Gasteiger charge is 2.39. The Hall–Kier alpha value is -2.85. The standard InChI is InChI=1S/C48H80O16P2/c1-3-5-7-8-9-10-11-12-13-14-15-16-17-18-19-20-21-22-27-31-47(53)60-38-42(39-63-66(58,59)62-37-41(50)36-61-65(55,56)57)64-48(54)32-28-24-23-26-30-43-44(46(52)35-45(43)51)34-33-40(49)29-25-6-4-2/h5,7,9-10,12-13,15-16,18-19,33-34,40-44,46,49-50,52H,3-4,6,8,11,14,17,20-32,35-39H2,1-2H3,(H,58,59)(H2,55,56,57)/b7-5-,10-9-,13-12-,16-15-,19-18-,34-33+/t40-,41-,42+,43+,44+,46+/m0/s1. The van der Waals surface area contributed by atoms with Gasteiger partial charge in [-0.15, -0.1) is 0 Å². The van der Waals surface area contributed by atoms with Crippen molar-refractivity contribution in [3.63, 3.8) is 0 Å². The minimum absolute atomic E-state index is 0.00433. The van der Waals surface area contributed by atoms with Crippen LogP contribution in [0.2, 0.25) is 0 Å². The molecule has 0 amide bonds. The Morgan fingerprint density at radius 1 is 0.682 bits per heavy atom. The van der Waals surface area contributed by atoms with E-state index in [1.54, 1.807) is 12.2 Å². The quantitative estimate of drug-likeness (QED) is 0.0145. The van der Waals surface area contributed by atoms with Gasteiger partial charge in [-0.25, -0.2) is 9.13 Å². The van der Waals surface area contributed by atoms with Crippen LogP contribution in [0, 0.1) is 11.8 Å². The highest BCUT2D eigenvalue weighted by atomic mass is 31.2.